The molecule has 54 heteroatoms. The number of carboxylic acid groups (broad SMARTS) is 1. The Morgan fingerprint density at radius 3 is 1.16 bits per heavy atom. The Morgan fingerprint density at radius 2 is 0.686 bits per heavy atom. The first kappa shape index (κ1) is 99.9. The lowest BCUT2D eigenvalue weighted by molar-refractivity contribution is -0.407. The summed E-state index contributed by atoms with van der Waals surface area (Å²) in [4.78, 5) is 76.7. The van der Waals surface area contributed by atoms with Gasteiger partial charge in [0.25, 0.3) is 5.79 Å². The number of aliphatic hydroxyl groups is 25. The third kappa shape index (κ3) is 22.5. The number of nitrogens with one attached hydrogen (secondary N) is 5. The number of rotatable bonds is 33. The molecule has 0 aromatic heterocycles. The van der Waals surface area contributed by atoms with Crippen LogP contribution in [0.5, 0.6) is 0 Å². The van der Waals surface area contributed by atoms with Gasteiger partial charge in [0.05, 0.1) is 71.6 Å². The average molecular weight is 1770 g/mol. The Labute approximate surface area is 684 Å². The molecule has 0 saturated carbocycles. The van der Waals surface area contributed by atoms with Gasteiger partial charge in [-0.25, -0.2) is 4.79 Å². The smallest absolute Gasteiger partial charge is 0.364 e. The van der Waals surface area contributed by atoms with E-state index in [2.05, 4.69) is 26.6 Å². The van der Waals surface area contributed by atoms with Crippen LogP contribution in [0.1, 0.15) is 41.0 Å². The van der Waals surface area contributed by atoms with Crippen molar-refractivity contribution in [3.63, 3.8) is 0 Å². The number of carbonyl (C=O) groups is 6. The zero-order valence-electron chi connectivity index (χ0n) is 65.1. The summed E-state index contributed by atoms with van der Waals surface area (Å²) in [7, 11) is 0. The summed E-state index contributed by atoms with van der Waals surface area (Å²) in [5, 5.41) is 302. The van der Waals surface area contributed by atoms with E-state index in [4.69, 9.17) is 80.5 Å². The van der Waals surface area contributed by atoms with E-state index < -0.39 is 383 Å². The van der Waals surface area contributed by atoms with Crippen molar-refractivity contribution in [2.45, 2.75) is 323 Å². The van der Waals surface area contributed by atoms with Crippen molar-refractivity contribution in [2.75, 3.05) is 59.5 Å². The number of hydrogen-bond donors (Lipinski definition) is 31. The van der Waals surface area contributed by atoms with Gasteiger partial charge in [0.1, 0.15) is 213 Å². The molecular formula is C67H111N5O49. The minimum atomic E-state index is -3.11. The van der Waals surface area contributed by atoms with Gasteiger partial charge >= 0.3 is 5.97 Å². The molecule has 9 fully saturated rings. The predicted octanol–water partition coefficient (Wildman–Crippen LogP) is -20.7. The Kier molecular flexibility index (Phi) is 35.7. The molecule has 1 unspecified atom stereocenters. The highest BCUT2D eigenvalue weighted by Gasteiger charge is 2.63. The fourth-order valence-electron chi connectivity index (χ4n) is 15.5. The summed E-state index contributed by atoms with van der Waals surface area (Å²) >= 11 is 0. The number of carboxylic acids is 1. The molecule has 9 aliphatic rings. The maximum atomic E-state index is 13.3. The summed E-state index contributed by atoms with van der Waals surface area (Å²) in [6.07, 6.45) is -89.1. The molecule has 54 nitrogen and oxygen atoms in total. The summed E-state index contributed by atoms with van der Waals surface area (Å²) in [5.74, 6) is -9.82. The van der Waals surface area contributed by atoms with Crippen LogP contribution in [0.3, 0.4) is 0 Å². The second-order valence-electron chi connectivity index (χ2n) is 30.4. The van der Waals surface area contributed by atoms with Crippen molar-refractivity contribution in [2.24, 2.45) is 0 Å². The van der Waals surface area contributed by atoms with Gasteiger partial charge in [-0.15, -0.1) is 0 Å². The van der Waals surface area contributed by atoms with Gasteiger partial charge in [-0.1, -0.05) is 0 Å². The van der Waals surface area contributed by atoms with E-state index in [0.717, 1.165) is 34.6 Å². The van der Waals surface area contributed by atoms with Crippen LogP contribution < -0.4 is 26.6 Å². The lowest BCUT2D eigenvalue weighted by Gasteiger charge is -2.52. The fourth-order valence-corrected chi connectivity index (χ4v) is 15.5. The zero-order chi connectivity index (χ0) is 89.6. The molecule has 0 aliphatic carbocycles. The average Bonchev–Trinajstić information content (AvgIpc) is 0.757. The molecule has 9 aliphatic heterocycles. The van der Waals surface area contributed by atoms with Gasteiger partial charge in [0, 0.05) is 41.0 Å². The Hall–Kier alpha value is -4.86. The summed E-state index contributed by atoms with van der Waals surface area (Å²) in [5.41, 5.74) is 0. The molecule has 0 bridgehead atoms. The number of aliphatic carboxylic acids is 1. The first-order valence-corrected chi connectivity index (χ1v) is 38.2. The van der Waals surface area contributed by atoms with Crippen LogP contribution in [-0.2, 0) is 109 Å². The highest BCUT2D eigenvalue weighted by atomic mass is 16.8. The van der Waals surface area contributed by atoms with Crippen molar-refractivity contribution in [3.05, 3.63) is 0 Å². The Balaban J connectivity index is 1.08. The molecule has 5 amide bonds. The molecule has 9 heterocycles. The molecular weight excluding hydrogens is 1660 g/mol. The molecule has 9 saturated heterocycles. The lowest BCUT2D eigenvalue weighted by atomic mass is 9.88. The van der Waals surface area contributed by atoms with E-state index >= 15 is 0 Å². The van der Waals surface area contributed by atoms with Crippen molar-refractivity contribution in [1.82, 2.24) is 26.6 Å². The third-order valence-electron chi connectivity index (χ3n) is 21.7. The minimum absolute atomic E-state index is 0.806. The van der Waals surface area contributed by atoms with Crippen LogP contribution in [0.15, 0.2) is 0 Å². The van der Waals surface area contributed by atoms with E-state index in [9.17, 15) is 162 Å². The monoisotopic (exact) mass is 1770 g/mol. The quantitative estimate of drug-likeness (QED) is 0.0290. The standard InChI is InChI=1S/C67H111N5O49/c1-16(80)68-31-21(85)6-67(66(103)104,121-55(31)36(87)22(86)7-73)106-15-29-40(91)46(97)49(100)63(113-29)116-52-27(12-78)112-61(35(44(52)95)72-20(5)84)120-57-47(98)39(90)25(10-76)110-65(57)119-56-50(101)64(117-53-28(13-79)111-60(34(43(53)94)71-19(4)83)115-51-26(11-77)107-58(102)32(42(51)93)69-17(2)81)114-30(14-105-62-48(99)45(96)38(89)24(9-75)109-62)54(56)118-59-33(70-18(3)82)41(92)37(88)23(8-74)108-59/h21-65,73-79,85-102H,6-15H2,1-5H3,(H,68,80)(H,69,81)(H,70,82)(H,71,83)(H,72,84)(H,103,104)/t21-,22+,23+,24+,25+,26+,27+,28+,29+,30+,31+,32+,33+,34+,35+,36+,37+,38+,39+,40-,41+,42+,43+,44+,45-,46-,47-,48-,49+,50-,51+,52+,53+,54+,55+,56+,57-,58?,59-,60-,61-,62-,63-,64-,65+,67+/m0/s1. The summed E-state index contributed by atoms with van der Waals surface area (Å²) < 4.78 is 102. The maximum absolute atomic E-state index is 13.3. The Morgan fingerprint density at radius 1 is 0.339 bits per heavy atom. The fraction of sp³-hybridized carbons (Fsp3) is 0.910. The summed E-state index contributed by atoms with van der Waals surface area (Å²) in [6.45, 7) is -5.96. The minimum Gasteiger partial charge on any atom is -0.477 e. The first-order valence-electron chi connectivity index (χ1n) is 38.2. The molecule has 698 valence electrons. The normalized spacial score (nSPS) is 46.6. The SMILES string of the molecule is CC(=O)N[C@H]1[C@H](O[C@H]2[C@H](O)[C@@H](NC(C)=O)C(O)O[C@@H]2CO)O[C@H](CO)[C@@H](O[C@@H]2O[C@H](CO[C@H]3O[C@H](CO)[C@@H](O)[C@H](O)[C@@H]3O)[C@@H](O[C@@H]3O[C@H](CO)[C@@H](O)[C@H](O)[C@H]3NC(C)=O)[C@H](O[C@H]3O[C@H](CO)[C@@H](O)[C@H](O)[C@@H]3O[C@@H]3O[C@H](CO)[C@@H](O[C@@H]4O[C@H](CO[C@]5(C(=O)O)C[C@H](O)[C@@H](NC(C)=O)[C@H]([C@H](O)[C@H](O)CO)O5)[C@H](O)[C@H](O)[C@H]4O)[C@H](O)[C@H]3NC(C)=O)[C@@H]2O)[C@@H]1O. The van der Waals surface area contributed by atoms with Crippen molar-refractivity contribution in [3.8, 4) is 0 Å². The second-order valence-corrected chi connectivity index (χ2v) is 30.4. The number of ether oxygens (including phenoxy) is 17. The molecule has 46 atom stereocenters. The molecule has 0 aromatic rings. The number of carbonyl (C=O) groups excluding carboxylic acids is 5. The molecule has 121 heavy (non-hydrogen) atoms. The third-order valence-corrected chi connectivity index (χ3v) is 21.7. The van der Waals surface area contributed by atoms with Gasteiger partial charge in [-0.3, -0.25) is 24.0 Å². The van der Waals surface area contributed by atoms with Crippen LogP contribution in [-0.4, -0.2) is 509 Å². The highest BCUT2D eigenvalue weighted by molar-refractivity contribution is 5.77. The van der Waals surface area contributed by atoms with Gasteiger partial charge < -0.3 is 240 Å². The van der Waals surface area contributed by atoms with Crippen molar-refractivity contribution < 1.29 is 242 Å². The van der Waals surface area contributed by atoms with Crippen molar-refractivity contribution >= 4 is 35.5 Å². The van der Waals surface area contributed by atoms with Crippen LogP contribution in [0.25, 0.3) is 0 Å². The predicted molar refractivity (Wildman–Crippen MR) is 372 cm³/mol. The second kappa shape index (κ2) is 43.3. The molecule has 0 spiro atoms. The lowest BCUT2D eigenvalue weighted by Crippen LogP contribution is -2.71. The highest BCUT2D eigenvalue weighted by Crippen LogP contribution is 2.42. The van der Waals surface area contributed by atoms with Gasteiger partial charge in [-0.05, 0) is 0 Å². The first-order chi connectivity index (χ1) is 57.0. The largest absolute Gasteiger partial charge is 0.477 e. The van der Waals surface area contributed by atoms with E-state index in [1.165, 1.54) is 0 Å². The van der Waals surface area contributed by atoms with E-state index in [-0.39, 0.29) is 0 Å². The molecule has 31 N–H and O–H groups in total. The van der Waals surface area contributed by atoms with Gasteiger partial charge in [0.15, 0.2) is 50.3 Å². The van der Waals surface area contributed by atoms with Crippen LogP contribution >= 0.6 is 0 Å². The topological polar surface area (TPSA) is 845 Å². The maximum Gasteiger partial charge on any atom is 0.364 e. The van der Waals surface area contributed by atoms with Gasteiger partial charge in [0.2, 0.25) is 29.5 Å². The van der Waals surface area contributed by atoms with Crippen LogP contribution in [0.4, 0.5) is 0 Å². The number of hydrogen-bond acceptors (Lipinski definition) is 48. The van der Waals surface area contributed by atoms with Crippen LogP contribution in [0.2, 0.25) is 0 Å². The molecule has 9 rings (SSSR count). The Bertz CT molecular complexity index is 3340. The van der Waals surface area contributed by atoms with Crippen LogP contribution in [0, 0.1) is 0 Å². The molecule has 0 aromatic carbocycles. The van der Waals surface area contributed by atoms with E-state index in [0.29, 0.717) is 0 Å². The zero-order valence-corrected chi connectivity index (χ0v) is 65.1. The molecule has 0 radical (unpaired) electrons. The van der Waals surface area contributed by atoms with Gasteiger partial charge in [-0.2, -0.15) is 0 Å². The number of amides is 5. The summed E-state index contributed by atoms with van der Waals surface area (Å²) in [6, 6.07) is -9.44. The van der Waals surface area contributed by atoms with E-state index in [1.54, 1.807) is 0 Å². The van der Waals surface area contributed by atoms with Crippen molar-refractivity contribution in [1.29, 1.82) is 0 Å². The number of aliphatic hydroxyl groups excluding tert-OH is 25. The van der Waals surface area contributed by atoms with E-state index in [1.807, 2.05) is 0 Å².